The van der Waals surface area contributed by atoms with Crippen molar-refractivity contribution in [1.29, 1.82) is 0 Å². The van der Waals surface area contributed by atoms with E-state index in [9.17, 15) is 13.2 Å². The van der Waals surface area contributed by atoms with Gasteiger partial charge in [-0.05, 0) is 37.0 Å². The third-order valence-corrected chi connectivity index (χ3v) is 5.61. The molecule has 8 heteroatoms. The SMILES string of the molecule is Cn1cc(-c2cc(S(C)(=O)=O)ccc2OCC2CC2)c2ocnc2c1=O. The van der Waals surface area contributed by atoms with E-state index in [1.807, 2.05) is 0 Å². The summed E-state index contributed by atoms with van der Waals surface area (Å²) in [5.41, 5.74) is 1.36. The van der Waals surface area contributed by atoms with Gasteiger partial charge in [-0.3, -0.25) is 4.79 Å². The van der Waals surface area contributed by atoms with Gasteiger partial charge in [-0.25, -0.2) is 13.4 Å². The Morgan fingerprint density at radius 3 is 2.77 bits per heavy atom. The first-order valence-electron chi connectivity index (χ1n) is 8.24. The van der Waals surface area contributed by atoms with Crippen molar-refractivity contribution < 1.29 is 17.6 Å². The molecule has 0 amide bonds. The molecule has 0 unspecified atom stereocenters. The summed E-state index contributed by atoms with van der Waals surface area (Å²) >= 11 is 0. The second-order valence-electron chi connectivity index (χ2n) is 6.67. The third-order valence-electron chi connectivity index (χ3n) is 4.50. The molecule has 7 nitrogen and oxygen atoms in total. The average molecular weight is 374 g/mol. The molecule has 26 heavy (non-hydrogen) atoms. The maximum absolute atomic E-state index is 12.2. The molecular weight excluding hydrogens is 356 g/mol. The van der Waals surface area contributed by atoms with Crippen molar-refractivity contribution in [1.82, 2.24) is 9.55 Å². The van der Waals surface area contributed by atoms with Gasteiger partial charge < -0.3 is 13.7 Å². The molecule has 0 atom stereocenters. The van der Waals surface area contributed by atoms with Crippen molar-refractivity contribution in [2.75, 3.05) is 12.9 Å². The molecule has 136 valence electrons. The molecule has 1 aliphatic rings. The van der Waals surface area contributed by atoms with Crippen LogP contribution in [-0.4, -0.2) is 30.8 Å². The quantitative estimate of drug-likeness (QED) is 0.681. The fourth-order valence-electron chi connectivity index (χ4n) is 2.83. The lowest BCUT2D eigenvalue weighted by Gasteiger charge is -2.14. The largest absolute Gasteiger partial charge is 0.493 e. The van der Waals surface area contributed by atoms with Crippen molar-refractivity contribution in [2.24, 2.45) is 13.0 Å². The summed E-state index contributed by atoms with van der Waals surface area (Å²) in [7, 11) is -1.78. The fourth-order valence-corrected chi connectivity index (χ4v) is 3.47. The number of ether oxygens (including phenoxy) is 1. The summed E-state index contributed by atoms with van der Waals surface area (Å²) in [6.45, 7) is 0.580. The molecule has 0 bridgehead atoms. The Balaban J connectivity index is 1.94. The number of aryl methyl sites for hydroxylation is 1. The molecular formula is C18H18N2O5S. The van der Waals surface area contributed by atoms with Gasteiger partial charge in [-0.1, -0.05) is 0 Å². The van der Waals surface area contributed by atoms with Gasteiger partial charge in [0.05, 0.1) is 11.5 Å². The highest BCUT2D eigenvalue weighted by molar-refractivity contribution is 7.90. The van der Waals surface area contributed by atoms with E-state index in [4.69, 9.17) is 9.15 Å². The first-order chi connectivity index (χ1) is 12.3. The normalized spacial score (nSPS) is 14.7. The van der Waals surface area contributed by atoms with Crippen LogP contribution in [0.3, 0.4) is 0 Å². The van der Waals surface area contributed by atoms with E-state index < -0.39 is 9.84 Å². The number of sulfone groups is 1. The number of aromatic nitrogens is 2. The number of hydrogen-bond acceptors (Lipinski definition) is 6. The molecule has 1 fully saturated rings. The zero-order valence-corrected chi connectivity index (χ0v) is 15.2. The molecule has 0 spiro atoms. The minimum absolute atomic E-state index is 0.174. The molecule has 0 saturated heterocycles. The van der Waals surface area contributed by atoms with Gasteiger partial charge in [0.25, 0.3) is 5.56 Å². The summed E-state index contributed by atoms with van der Waals surface area (Å²) in [5.74, 6) is 1.10. The molecule has 1 aliphatic carbocycles. The lowest BCUT2D eigenvalue weighted by molar-refractivity contribution is 0.301. The van der Waals surface area contributed by atoms with Crippen LogP contribution in [0.2, 0.25) is 0 Å². The Labute approximate surface area is 150 Å². The zero-order chi connectivity index (χ0) is 18.5. The fraction of sp³-hybridized carbons (Fsp3) is 0.333. The highest BCUT2D eigenvalue weighted by Crippen LogP contribution is 2.37. The Hall–Kier alpha value is -2.61. The van der Waals surface area contributed by atoms with Gasteiger partial charge in [0.2, 0.25) is 0 Å². The maximum Gasteiger partial charge on any atom is 0.280 e. The van der Waals surface area contributed by atoms with E-state index in [0.29, 0.717) is 35.0 Å². The summed E-state index contributed by atoms with van der Waals surface area (Å²) < 4.78 is 36.8. The Kier molecular flexibility index (Phi) is 3.87. The maximum atomic E-state index is 12.2. The van der Waals surface area contributed by atoms with Crippen LogP contribution in [-0.2, 0) is 16.9 Å². The first kappa shape index (κ1) is 16.8. The number of oxazole rings is 1. The van der Waals surface area contributed by atoms with Crippen molar-refractivity contribution in [3.05, 3.63) is 41.1 Å². The summed E-state index contributed by atoms with van der Waals surface area (Å²) in [5, 5.41) is 0. The van der Waals surface area contributed by atoms with Crippen molar-refractivity contribution in [2.45, 2.75) is 17.7 Å². The topological polar surface area (TPSA) is 91.4 Å². The first-order valence-corrected chi connectivity index (χ1v) is 10.1. The predicted molar refractivity (Wildman–Crippen MR) is 96.0 cm³/mol. The van der Waals surface area contributed by atoms with Gasteiger partial charge in [-0.2, -0.15) is 0 Å². The van der Waals surface area contributed by atoms with Gasteiger partial charge >= 0.3 is 0 Å². The number of fused-ring (bicyclic) bond motifs is 1. The summed E-state index contributed by atoms with van der Waals surface area (Å²) in [6, 6.07) is 4.74. The van der Waals surface area contributed by atoms with Crippen LogP contribution >= 0.6 is 0 Å². The van der Waals surface area contributed by atoms with E-state index in [1.165, 1.54) is 17.0 Å². The molecule has 0 aliphatic heterocycles. The molecule has 3 aromatic rings. The van der Waals surface area contributed by atoms with Crippen LogP contribution in [0, 0.1) is 5.92 Å². The van der Waals surface area contributed by atoms with Crippen molar-refractivity contribution >= 4 is 20.9 Å². The number of hydrogen-bond donors (Lipinski definition) is 0. The lowest BCUT2D eigenvalue weighted by Crippen LogP contribution is -2.16. The van der Waals surface area contributed by atoms with E-state index in [1.54, 1.807) is 25.4 Å². The monoisotopic (exact) mass is 374 g/mol. The van der Waals surface area contributed by atoms with Crippen LogP contribution in [0.25, 0.3) is 22.2 Å². The number of pyridine rings is 1. The van der Waals surface area contributed by atoms with Crippen LogP contribution in [0.15, 0.2) is 44.9 Å². The summed E-state index contributed by atoms with van der Waals surface area (Å²) in [6.07, 6.45) is 6.26. The highest BCUT2D eigenvalue weighted by Gasteiger charge is 2.24. The van der Waals surface area contributed by atoms with Gasteiger partial charge in [0.1, 0.15) is 5.75 Å². The van der Waals surface area contributed by atoms with Gasteiger partial charge in [0.15, 0.2) is 27.3 Å². The van der Waals surface area contributed by atoms with Crippen molar-refractivity contribution in [3.63, 3.8) is 0 Å². The van der Waals surface area contributed by atoms with Crippen molar-refractivity contribution in [3.8, 4) is 16.9 Å². The predicted octanol–water partition coefficient (Wildman–Crippen LogP) is 2.39. The van der Waals surface area contributed by atoms with E-state index in [2.05, 4.69) is 4.98 Å². The Morgan fingerprint density at radius 2 is 2.08 bits per heavy atom. The molecule has 4 rings (SSSR count). The highest BCUT2D eigenvalue weighted by atomic mass is 32.2. The number of benzene rings is 1. The van der Waals surface area contributed by atoms with Crippen LogP contribution in [0.5, 0.6) is 5.75 Å². The Morgan fingerprint density at radius 1 is 1.31 bits per heavy atom. The van der Waals surface area contributed by atoms with Gasteiger partial charge in [0, 0.05) is 30.6 Å². The minimum atomic E-state index is -3.40. The number of nitrogens with zero attached hydrogens (tertiary/aromatic N) is 2. The standard InChI is InChI=1S/C18H18N2O5S/c1-20-8-14(17-16(18(20)21)19-10-25-17)13-7-12(26(2,22)23)5-6-15(13)24-9-11-3-4-11/h5-8,10-11H,3-4,9H2,1-2H3. The Bertz CT molecular complexity index is 1160. The molecule has 1 aromatic carbocycles. The lowest BCUT2D eigenvalue weighted by atomic mass is 10.1. The smallest absolute Gasteiger partial charge is 0.280 e. The average Bonchev–Trinajstić information content (AvgIpc) is 3.29. The molecule has 2 aromatic heterocycles. The minimum Gasteiger partial charge on any atom is -0.493 e. The third kappa shape index (κ3) is 3.01. The van der Waals surface area contributed by atoms with Crippen LogP contribution in [0.4, 0.5) is 0 Å². The second kappa shape index (κ2) is 5.98. The molecule has 1 saturated carbocycles. The zero-order valence-electron chi connectivity index (χ0n) is 14.4. The van der Waals surface area contributed by atoms with Crippen LogP contribution in [0.1, 0.15) is 12.8 Å². The van der Waals surface area contributed by atoms with E-state index in [0.717, 1.165) is 19.1 Å². The van der Waals surface area contributed by atoms with E-state index in [-0.39, 0.29) is 16.0 Å². The number of rotatable bonds is 5. The van der Waals surface area contributed by atoms with E-state index >= 15 is 0 Å². The molecule has 2 heterocycles. The molecule has 0 N–H and O–H groups in total. The molecule has 0 radical (unpaired) electrons. The van der Waals surface area contributed by atoms with Crippen LogP contribution < -0.4 is 10.3 Å². The summed E-state index contributed by atoms with van der Waals surface area (Å²) in [4.78, 5) is 16.4. The second-order valence-corrected chi connectivity index (χ2v) is 8.69. The van der Waals surface area contributed by atoms with Gasteiger partial charge in [-0.15, -0.1) is 0 Å².